The highest BCUT2D eigenvalue weighted by molar-refractivity contribution is 5.24. The molecule has 26 heavy (non-hydrogen) atoms. The van der Waals surface area contributed by atoms with Crippen LogP contribution in [0.2, 0.25) is 0 Å². The summed E-state index contributed by atoms with van der Waals surface area (Å²) in [6.45, 7) is 13.9. The predicted molar refractivity (Wildman–Crippen MR) is 97.6 cm³/mol. The van der Waals surface area contributed by atoms with Crippen LogP contribution in [0.1, 0.15) is 51.5 Å². The molecule has 1 saturated heterocycles. The standard InChI is InChI=1S/C19H29FN6/c1-5-19(3,4)26-18(21-22-23-26)17(15-9-7-8-10-16(15)20)25-13-11-24(6-2)12-14-25/h7-10,17H,5-6,11-14H2,1-4H3/p+2/t17-/m1/s1. The van der Waals surface area contributed by atoms with Gasteiger partial charge in [-0.25, -0.2) is 9.07 Å². The maximum absolute atomic E-state index is 14.7. The molecular formula is C19H31FN6+2. The molecule has 0 radical (unpaired) electrons. The van der Waals surface area contributed by atoms with E-state index in [0.29, 0.717) is 5.56 Å². The average Bonchev–Trinajstić information content (AvgIpc) is 3.14. The van der Waals surface area contributed by atoms with Crippen molar-refractivity contribution in [2.45, 2.75) is 45.7 Å². The highest BCUT2D eigenvalue weighted by Crippen LogP contribution is 2.25. The number of halogens is 1. The maximum Gasteiger partial charge on any atom is 0.214 e. The van der Waals surface area contributed by atoms with Gasteiger partial charge < -0.3 is 9.80 Å². The summed E-state index contributed by atoms with van der Waals surface area (Å²) in [6, 6.07) is 6.87. The first-order valence-corrected chi connectivity index (χ1v) is 9.69. The van der Waals surface area contributed by atoms with Gasteiger partial charge in [0.1, 0.15) is 32.0 Å². The monoisotopic (exact) mass is 362 g/mol. The van der Waals surface area contributed by atoms with Gasteiger partial charge in [-0.2, -0.15) is 0 Å². The van der Waals surface area contributed by atoms with Crippen molar-refractivity contribution in [2.75, 3.05) is 32.7 Å². The van der Waals surface area contributed by atoms with Gasteiger partial charge in [0.2, 0.25) is 5.82 Å². The van der Waals surface area contributed by atoms with Crippen LogP contribution in [0.3, 0.4) is 0 Å². The molecule has 1 aliphatic rings. The Hall–Kier alpha value is -1.86. The first-order valence-electron chi connectivity index (χ1n) is 9.69. The summed E-state index contributed by atoms with van der Waals surface area (Å²) in [7, 11) is 0. The fourth-order valence-corrected chi connectivity index (χ4v) is 3.77. The van der Waals surface area contributed by atoms with E-state index in [1.54, 1.807) is 11.0 Å². The molecule has 0 aliphatic carbocycles. The SMILES string of the molecule is CC[NH+]1CC[NH+]([C@H](c2ccccc2F)c2nnnn2C(C)(C)CC)CC1. The zero-order valence-electron chi connectivity index (χ0n) is 16.3. The molecule has 1 atom stereocenters. The second-order valence-electron chi connectivity index (χ2n) is 7.83. The molecular weight excluding hydrogens is 331 g/mol. The zero-order chi connectivity index (χ0) is 18.7. The number of likely N-dealkylation sites (N-methyl/N-ethyl adjacent to an activating group) is 1. The van der Waals surface area contributed by atoms with Crippen molar-refractivity contribution in [3.63, 3.8) is 0 Å². The normalized spacial score (nSPS) is 22.3. The van der Waals surface area contributed by atoms with Crippen LogP contribution in [0, 0.1) is 5.82 Å². The van der Waals surface area contributed by atoms with Crippen molar-refractivity contribution in [1.29, 1.82) is 0 Å². The Bertz CT molecular complexity index is 720. The fraction of sp³-hybridized carbons (Fsp3) is 0.632. The first-order chi connectivity index (χ1) is 12.5. The lowest BCUT2D eigenvalue weighted by Gasteiger charge is -2.35. The Morgan fingerprint density at radius 2 is 1.85 bits per heavy atom. The molecule has 1 aromatic carbocycles. The molecule has 0 amide bonds. The molecule has 0 unspecified atom stereocenters. The van der Waals surface area contributed by atoms with Crippen LogP contribution in [-0.2, 0) is 5.54 Å². The summed E-state index contributed by atoms with van der Waals surface area (Å²) >= 11 is 0. The minimum absolute atomic E-state index is 0.181. The molecule has 1 aliphatic heterocycles. The summed E-state index contributed by atoms with van der Waals surface area (Å²) < 4.78 is 16.6. The van der Waals surface area contributed by atoms with Crippen LogP contribution in [0.4, 0.5) is 4.39 Å². The molecule has 2 N–H and O–H groups in total. The second kappa shape index (κ2) is 7.80. The van der Waals surface area contributed by atoms with Crippen LogP contribution in [0.15, 0.2) is 24.3 Å². The number of hydrogen-bond donors (Lipinski definition) is 2. The van der Waals surface area contributed by atoms with Crippen LogP contribution < -0.4 is 9.80 Å². The number of benzene rings is 1. The third-order valence-electron chi connectivity index (χ3n) is 5.91. The minimum atomic E-state index is -0.210. The van der Waals surface area contributed by atoms with Crippen molar-refractivity contribution in [3.8, 4) is 0 Å². The number of nitrogens with zero attached hydrogens (tertiary/aromatic N) is 4. The van der Waals surface area contributed by atoms with Gasteiger partial charge in [-0.1, -0.05) is 19.1 Å². The Balaban J connectivity index is 2.03. The van der Waals surface area contributed by atoms with Gasteiger partial charge in [-0.05, 0) is 49.8 Å². The number of nitrogens with one attached hydrogen (secondary N) is 2. The van der Waals surface area contributed by atoms with E-state index < -0.39 is 0 Å². The molecule has 6 nitrogen and oxygen atoms in total. The van der Waals surface area contributed by atoms with Gasteiger partial charge in [0, 0.05) is 0 Å². The lowest BCUT2D eigenvalue weighted by Crippen LogP contribution is -3.28. The van der Waals surface area contributed by atoms with Crippen molar-refractivity contribution in [3.05, 3.63) is 41.5 Å². The number of quaternary nitrogens is 2. The minimum Gasteiger partial charge on any atom is -0.326 e. The largest absolute Gasteiger partial charge is 0.326 e. The number of tetrazole rings is 1. The Morgan fingerprint density at radius 3 is 2.46 bits per heavy atom. The summed E-state index contributed by atoms with van der Waals surface area (Å²) in [6.07, 6.45) is 0.901. The van der Waals surface area contributed by atoms with E-state index >= 15 is 0 Å². The number of rotatable bonds is 6. The van der Waals surface area contributed by atoms with E-state index in [2.05, 4.69) is 43.2 Å². The van der Waals surface area contributed by atoms with Crippen molar-refractivity contribution < 1.29 is 14.2 Å². The summed E-state index contributed by atoms with van der Waals surface area (Å²) in [5.74, 6) is 0.580. The molecule has 2 aromatic rings. The maximum atomic E-state index is 14.7. The summed E-state index contributed by atoms with van der Waals surface area (Å²) in [4.78, 5) is 2.95. The quantitative estimate of drug-likeness (QED) is 0.752. The fourth-order valence-electron chi connectivity index (χ4n) is 3.77. The number of aromatic nitrogens is 4. The molecule has 0 bridgehead atoms. The van der Waals surface area contributed by atoms with Gasteiger partial charge >= 0.3 is 0 Å². The van der Waals surface area contributed by atoms with E-state index in [9.17, 15) is 4.39 Å². The van der Waals surface area contributed by atoms with Gasteiger partial charge in [0.15, 0.2) is 6.04 Å². The Labute approximate surface area is 155 Å². The van der Waals surface area contributed by atoms with Crippen LogP contribution >= 0.6 is 0 Å². The van der Waals surface area contributed by atoms with E-state index in [1.165, 1.54) is 11.0 Å². The molecule has 2 heterocycles. The third-order valence-corrected chi connectivity index (χ3v) is 5.91. The van der Waals surface area contributed by atoms with Crippen molar-refractivity contribution in [2.24, 2.45) is 0 Å². The Kier molecular flexibility index (Phi) is 5.67. The van der Waals surface area contributed by atoms with Crippen molar-refractivity contribution >= 4 is 0 Å². The molecule has 0 saturated carbocycles. The molecule has 7 heteroatoms. The zero-order valence-corrected chi connectivity index (χ0v) is 16.3. The van der Waals surface area contributed by atoms with Crippen LogP contribution in [-0.4, -0.2) is 52.9 Å². The number of hydrogen-bond acceptors (Lipinski definition) is 3. The van der Waals surface area contributed by atoms with E-state index in [1.807, 2.05) is 16.8 Å². The average molecular weight is 362 g/mol. The van der Waals surface area contributed by atoms with E-state index in [0.717, 1.165) is 45.0 Å². The molecule has 142 valence electrons. The molecule has 3 rings (SSSR count). The summed E-state index contributed by atoms with van der Waals surface area (Å²) in [5, 5.41) is 12.6. The predicted octanol–water partition coefficient (Wildman–Crippen LogP) is -0.150. The van der Waals surface area contributed by atoms with E-state index in [4.69, 9.17) is 0 Å². The highest BCUT2D eigenvalue weighted by atomic mass is 19.1. The van der Waals surface area contributed by atoms with Gasteiger partial charge in [0.25, 0.3) is 0 Å². The summed E-state index contributed by atoms with van der Waals surface area (Å²) in [5.41, 5.74) is 0.476. The lowest BCUT2D eigenvalue weighted by atomic mass is 9.98. The molecule has 0 spiro atoms. The highest BCUT2D eigenvalue weighted by Gasteiger charge is 2.38. The lowest BCUT2D eigenvalue weighted by molar-refractivity contribution is -1.02. The third kappa shape index (κ3) is 3.64. The van der Waals surface area contributed by atoms with E-state index in [-0.39, 0.29) is 17.4 Å². The second-order valence-corrected chi connectivity index (χ2v) is 7.83. The Morgan fingerprint density at radius 1 is 1.15 bits per heavy atom. The first kappa shape index (κ1) is 18.9. The van der Waals surface area contributed by atoms with Gasteiger partial charge in [0.05, 0.1) is 17.6 Å². The van der Waals surface area contributed by atoms with Crippen LogP contribution in [0.5, 0.6) is 0 Å². The van der Waals surface area contributed by atoms with Crippen LogP contribution in [0.25, 0.3) is 0 Å². The van der Waals surface area contributed by atoms with Gasteiger partial charge in [-0.15, -0.1) is 5.10 Å². The molecule has 1 fully saturated rings. The van der Waals surface area contributed by atoms with Crippen molar-refractivity contribution in [1.82, 2.24) is 20.2 Å². The smallest absolute Gasteiger partial charge is 0.214 e. The van der Waals surface area contributed by atoms with Gasteiger partial charge in [-0.3, -0.25) is 0 Å². The number of piperazine rings is 1. The topological polar surface area (TPSA) is 52.5 Å². The molecule has 1 aromatic heterocycles.